The summed E-state index contributed by atoms with van der Waals surface area (Å²) in [6.45, 7) is 4.63. The van der Waals surface area contributed by atoms with E-state index in [4.69, 9.17) is 9.47 Å². The van der Waals surface area contributed by atoms with Crippen LogP contribution in [-0.2, 0) is 6.42 Å². The van der Waals surface area contributed by atoms with Gasteiger partial charge in [-0.25, -0.2) is 13.6 Å². The average molecular weight is 424 g/mol. The Bertz CT molecular complexity index is 1030. The van der Waals surface area contributed by atoms with E-state index in [1.807, 2.05) is 19.1 Å². The molecule has 3 rings (SSSR count). The van der Waals surface area contributed by atoms with Crippen LogP contribution in [0.3, 0.4) is 0 Å². The standard InChI is InChI=1S/C26H26F2O3/c1-3-5-15-30-20-11-13-22(24(27)16-20)23-14-12-21(17-25(23)28)31-26(29)19-9-7-18(6-4-2)8-10-19/h7-14,16-17H,3-6,15H2,1-2H3. The Morgan fingerprint density at radius 3 is 2.00 bits per heavy atom. The van der Waals surface area contributed by atoms with Crippen molar-refractivity contribution >= 4 is 5.97 Å². The first-order valence-electron chi connectivity index (χ1n) is 10.5. The lowest BCUT2D eigenvalue weighted by molar-refractivity contribution is 0.0734. The zero-order chi connectivity index (χ0) is 22.2. The van der Waals surface area contributed by atoms with Crippen molar-refractivity contribution in [3.05, 3.63) is 83.4 Å². The number of hydrogen-bond acceptors (Lipinski definition) is 3. The highest BCUT2D eigenvalue weighted by atomic mass is 19.1. The van der Waals surface area contributed by atoms with Gasteiger partial charge in [0.05, 0.1) is 12.2 Å². The largest absolute Gasteiger partial charge is 0.493 e. The third-order valence-corrected chi connectivity index (χ3v) is 4.88. The van der Waals surface area contributed by atoms with Crippen LogP contribution in [-0.4, -0.2) is 12.6 Å². The van der Waals surface area contributed by atoms with Gasteiger partial charge in [-0.05, 0) is 54.8 Å². The molecule has 0 heterocycles. The van der Waals surface area contributed by atoms with Gasteiger partial charge in [-0.1, -0.05) is 38.8 Å². The lowest BCUT2D eigenvalue weighted by Gasteiger charge is -2.10. The molecule has 0 spiro atoms. The molecule has 0 bridgehead atoms. The molecule has 162 valence electrons. The van der Waals surface area contributed by atoms with Crippen LogP contribution in [0.1, 0.15) is 49.0 Å². The maximum Gasteiger partial charge on any atom is 0.343 e. The van der Waals surface area contributed by atoms with Gasteiger partial charge in [0, 0.05) is 23.3 Å². The second kappa shape index (κ2) is 10.7. The minimum absolute atomic E-state index is 0.0591. The van der Waals surface area contributed by atoms with Crippen LogP contribution in [0.4, 0.5) is 8.78 Å². The Morgan fingerprint density at radius 1 is 0.806 bits per heavy atom. The Hall–Kier alpha value is -3.21. The lowest BCUT2D eigenvalue weighted by atomic mass is 10.0. The highest BCUT2D eigenvalue weighted by molar-refractivity contribution is 5.91. The number of esters is 1. The first kappa shape index (κ1) is 22.5. The number of halogens is 2. The highest BCUT2D eigenvalue weighted by Crippen LogP contribution is 2.30. The van der Waals surface area contributed by atoms with Gasteiger partial charge >= 0.3 is 5.97 Å². The minimum Gasteiger partial charge on any atom is -0.493 e. The van der Waals surface area contributed by atoms with Crippen LogP contribution in [0.15, 0.2) is 60.7 Å². The molecule has 0 aliphatic rings. The Kier molecular flexibility index (Phi) is 7.76. The molecule has 0 unspecified atom stereocenters. The molecule has 0 amide bonds. The van der Waals surface area contributed by atoms with Crippen molar-refractivity contribution in [1.82, 2.24) is 0 Å². The van der Waals surface area contributed by atoms with Crippen molar-refractivity contribution in [3.8, 4) is 22.6 Å². The summed E-state index contributed by atoms with van der Waals surface area (Å²) in [6, 6.07) is 15.4. The van der Waals surface area contributed by atoms with Crippen molar-refractivity contribution in [2.75, 3.05) is 6.61 Å². The summed E-state index contributed by atoms with van der Waals surface area (Å²) < 4.78 is 39.9. The summed E-state index contributed by atoms with van der Waals surface area (Å²) >= 11 is 0. The van der Waals surface area contributed by atoms with E-state index in [-0.39, 0.29) is 16.9 Å². The van der Waals surface area contributed by atoms with E-state index in [1.54, 1.807) is 18.2 Å². The zero-order valence-electron chi connectivity index (χ0n) is 17.8. The quantitative estimate of drug-likeness (QED) is 0.211. The van der Waals surface area contributed by atoms with Gasteiger partial charge in [0.15, 0.2) is 0 Å². The normalized spacial score (nSPS) is 10.7. The van der Waals surface area contributed by atoms with Gasteiger partial charge in [0.25, 0.3) is 0 Å². The van der Waals surface area contributed by atoms with E-state index in [9.17, 15) is 13.6 Å². The molecule has 0 fully saturated rings. The number of carbonyl (C=O) groups excluding carboxylic acids is 1. The number of carbonyl (C=O) groups is 1. The molecule has 0 radical (unpaired) electrons. The van der Waals surface area contributed by atoms with Gasteiger partial charge in [-0.3, -0.25) is 0 Å². The SMILES string of the molecule is CCCCOc1ccc(-c2ccc(OC(=O)c3ccc(CCC)cc3)cc2F)c(F)c1. The van der Waals surface area contributed by atoms with Crippen molar-refractivity contribution in [2.24, 2.45) is 0 Å². The van der Waals surface area contributed by atoms with Crippen molar-refractivity contribution in [3.63, 3.8) is 0 Å². The second-order valence-electron chi connectivity index (χ2n) is 7.32. The predicted octanol–water partition coefficient (Wildman–Crippen LogP) is 6.98. The van der Waals surface area contributed by atoms with Gasteiger partial charge in [-0.15, -0.1) is 0 Å². The van der Waals surface area contributed by atoms with E-state index in [0.717, 1.165) is 37.3 Å². The number of hydrogen-bond donors (Lipinski definition) is 0. The summed E-state index contributed by atoms with van der Waals surface area (Å²) in [7, 11) is 0. The molecule has 3 aromatic carbocycles. The third-order valence-electron chi connectivity index (χ3n) is 4.88. The molecule has 5 heteroatoms. The van der Waals surface area contributed by atoms with Crippen LogP contribution in [0.2, 0.25) is 0 Å². The number of aryl methyl sites for hydroxylation is 1. The molecule has 0 saturated heterocycles. The Morgan fingerprint density at radius 2 is 1.42 bits per heavy atom. The summed E-state index contributed by atoms with van der Waals surface area (Å²) in [5.41, 5.74) is 1.72. The van der Waals surface area contributed by atoms with Gasteiger partial charge < -0.3 is 9.47 Å². The monoisotopic (exact) mass is 424 g/mol. The average Bonchev–Trinajstić information content (AvgIpc) is 2.75. The highest BCUT2D eigenvalue weighted by Gasteiger charge is 2.14. The van der Waals surface area contributed by atoms with Gasteiger partial charge in [0.1, 0.15) is 23.1 Å². The predicted molar refractivity (Wildman–Crippen MR) is 118 cm³/mol. The Balaban J connectivity index is 1.71. The van der Waals surface area contributed by atoms with Gasteiger partial charge in [0.2, 0.25) is 0 Å². The van der Waals surface area contributed by atoms with Crippen LogP contribution >= 0.6 is 0 Å². The first-order chi connectivity index (χ1) is 15.0. The third kappa shape index (κ3) is 5.91. The fourth-order valence-corrected chi connectivity index (χ4v) is 3.18. The van der Waals surface area contributed by atoms with E-state index >= 15 is 0 Å². The molecule has 3 aromatic rings. The lowest BCUT2D eigenvalue weighted by Crippen LogP contribution is -2.08. The van der Waals surface area contributed by atoms with Crippen molar-refractivity contribution in [2.45, 2.75) is 39.5 Å². The van der Waals surface area contributed by atoms with E-state index in [0.29, 0.717) is 17.9 Å². The fraction of sp³-hybridized carbons (Fsp3) is 0.269. The number of unbranched alkanes of at least 4 members (excludes halogenated alkanes) is 1. The number of ether oxygens (including phenoxy) is 2. The molecule has 0 N–H and O–H groups in total. The molecule has 0 aliphatic heterocycles. The molecule has 0 aromatic heterocycles. The maximum atomic E-state index is 14.7. The van der Waals surface area contributed by atoms with Crippen LogP contribution in [0, 0.1) is 11.6 Å². The number of benzene rings is 3. The topological polar surface area (TPSA) is 35.5 Å². The van der Waals surface area contributed by atoms with E-state index in [1.165, 1.54) is 24.3 Å². The number of rotatable bonds is 9. The van der Waals surface area contributed by atoms with Gasteiger partial charge in [-0.2, -0.15) is 0 Å². The molecule has 0 atom stereocenters. The zero-order valence-corrected chi connectivity index (χ0v) is 17.8. The Labute approximate surface area is 181 Å². The summed E-state index contributed by atoms with van der Waals surface area (Å²) in [5.74, 6) is -1.36. The molecule has 31 heavy (non-hydrogen) atoms. The van der Waals surface area contributed by atoms with Crippen LogP contribution < -0.4 is 9.47 Å². The molecular weight excluding hydrogens is 398 g/mol. The molecular formula is C26H26F2O3. The first-order valence-corrected chi connectivity index (χ1v) is 10.5. The van der Waals surface area contributed by atoms with Crippen LogP contribution in [0.5, 0.6) is 11.5 Å². The van der Waals surface area contributed by atoms with E-state index in [2.05, 4.69) is 6.92 Å². The summed E-state index contributed by atoms with van der Waals surface area (Å²) in [5, 5.41) is 0. The van der Waals surface area contributed by atoms with Crippen molar-refractivity contribution < 1.29 is 23.0 Å². The van der Waals surface area contributed by atoms with E-state index < -0.39 is 17.6 Å². The molecule has 0 saturated carbocycles. The molecule has 0 aliphatic carbocycles. The smallest absolute Gasteiger partial charge is 0.343 e. The second-order valence-corrected chi connectivity index (χ2v) is 7.32. The van der Waals surface area contributed by atoms with Crippen molar-refractivity contribution in [1.29, 1.82) is 0 Å². The molecule has 3 nitrogen and oxygen atoms in total. The minimum atomic E-state index is -0.679. The van der Waals surface area contributed by atoms with Crippen LogP contribution in [0.25, 0.3) is 11.1 Å². The summed E-state index contributed by atoms with van der Waals surface area (Å²) in [6.07, 6.45) is 3.81. The fourth-order valence-electron chi connectivity index (χ4n) is 3.18. The summed E-state index contributed by atoms with van der Waals surface area (Å²) in [4.78, 5) is 12.3. The maximum absolute atomic E-state index is 14.7.